The molecule has 150 valence electrons. The van der Waals surface area contributed by atoms with Crippen molar-refractivity contribution < 1.29 is 22.4 Å². The molecule has 1 heterocycles. The third-order valence-electron chi connectivity index (χ3n) is 4.87. The van der Waals surface area contributed by atoms with E-state index in [4.69, 9.17) is 4.42 Å². The molecule has 3 rings (SSSR count). The van der Waals surface area contributed by atoms with Crippen LogP contribution >= 0.6 is 0 Å². The minimum atomic E-state index is -3.26. The van der Waals surface area contributed by atoms with Crippen molar-refractivity contribution in [1.29, 1.82) is 0 Å². The van der Waals surface area contributed by atoms with Crippen LogP contribution < -0.4 is 10.6 Å². The van der Waals surface area contributed by atoms with Crippen LogP contribution in [0.1, 0.15) is 48.2 Å². The molecule has 7 nitrogen and oxygen atoms in total. The highest BCUT2D eigenvalue weighted by Crippen LogP contribution is 2.25. The molecule has 1 aromatic carbocycles. The molecule has 1 aliphatic rings. The van der Waals surface area contributed by atoms with Gasteiger partial charge in [-0.2, -0.15) is 0 Å². The van der Waals surface area contributed by atoms with Crippen LogP contribution in [0.5, 0.6) is 0 Å². The van der Waals surface area contributed by atoms with Gasteiger partial charge < -0.3 is 15.1 Å². The van der Waals surface area contributed by atoms with Gasteiger partial charge in [-0.25, -0.2) is 8.42 Å². The predicted molar refractivity (Wildman–Crippen MR) is 106 cm³/mol. The van der Waals surface area contributed by atoms with Gasteiger partial charge in [-0.15, -0.1) is 0 Å². The Morgan fingerprint density at radius 2 is 1.82 bits per heavy atom. The molecule has 0 radical (unpaired) electrons. The number of sulfone groups is 1. The lowest BCUT2D eigenvalue weighted by Crippen LogP contribution is -2.26. The Morgan fingerprint density at radius 1 is 1.07 bits per heavy atom. The lowest BCUT2D eigenvalue weighted by molar-refractivity contribution is -0.115. The maximum Gasteiger partial charge on any atom is 0.253 e. The predicted octanol–water partition coefficient (Wildman–Crippen LogP) is 2.90. The summed E-state index contributed by atoms with van der Waals surface area (Å²) in [6.07, 6.45) is 4.62. The highest BCUT2D eigenvalue weighted by Gasteiger charge is 2.29. The topological polar surface area (TPSA) is 105 Å². The molecular weight excluding hydrogens is 380 g/mol. The van der Waals surface area contributed by atoms with Gasteiger partial charge in [0.15, 0.2) is 9.84 Å². The Balaban J connectivity index is 1.57. The number of nitrogens with one attached hydrogen (secondary N) is 2. The van der Waals surface area contributed by atoms with E-state index in [0.29, 0.717) is 29.9 Å². The van der Waals surface area contributed by atoms with E-state index in [1.165, 1.54) is 6.26 Å². The number of hydrogen-bond donors (Lipinski definition) is 2. The van der Waals surface area contributed by atoms with E-state index in [1.807, 2.05) is 0 Å². The molecule has 8 heteroatoms. The standard InChI is InChI=1S/C20H24N2O5S/c23-19(11-13-28(25,26)16-7-1-2-8-16)22-18-10-4-3-9-17(18)20(24)21-14-15-6-5-12-27-15/h3-6,9-10,12,16H,1-2,7-8,11,13-14H2,(H,21,24)(H,22,23). The van der Waals surface area contributed by atoms with Gasteiger partial charge in [-0.05, 0) is 37.1 Å². The monoisotopic (exact) mass is 404 g/mol. The van der Waals surface area contributed by atoms with E-state index in [-0.39, 0.29) is 29.9 Å². The second kappa shape index (κ2) is 9.05. The van der Waals surface area contributed by atoms with Gasteiger partial charge in [0.1, 0.15) is 5.76 Å². The van der Waals surface area contributed by atoms with Gasteiger partial charge in [0.25, 0.3) is 5.91 Å². The average Bonchev–Trinajstić information content (AvgIpc) is 3.39. The van der Waals surface area contributed by atoms with Crippen LogP contribution in [0.3, 0.4) is 0 Å². The van der Waals surface area contributed by atoms with Crippen molar-refractivity contribution in [2.45, 2.75) is 43.9 Å². The van der Waals surface area contributed by atoms with Crippen molar-refractivity contribution in [3.8, 4) is 0 Å². The molecule has 28 heavy (non-hydrogen) atoms. The quantitative estimate of drug-likeness (QED) is 0.704. The fraction of sp³-hybridized carbons (Fsp3) is 0.400. The molecule has 0 aliphatic heterocycles. The first-order chi connectivity index (χ1) is 13.5. The van der Waals surface area contributed by atoms with E-state index < -0.39 is 15.7 Å². The Labute approximate surface area is 164 Å². The number of hydrogen-bond acceptors (Lipinski definition) is 5. The Kier molecular flexibility index (Phi) is 6.51. The number of amides is 2. The third kappa shape index (κ3) is 5.22. The summed E-state index contributed by atoms with van der Waals surface area (Å²) < 4.78 is 29.8. The zero-order chi connectivity index (χ0) is 20.0. The van der Waals surface area contributed by atoms with E-state index in [1.54, 1.807) is 36.4 Å². The Morgan fingerprint density at radius 3 is 2.54 bits per heavy atom. The van der Waals surface area contributed by atoms with Crippen LogP contribution in [0, 0.1) is 0 Å². The van der Waals surface area contributed by atoms with Crippen LogP contribution in [0.4, 0.5) is 5.69 Å². The fourth-order valence-electron chi connectivity index (χ4n) is 3.33. The van der Waals surface area contributed by atoms with Crippen LogP contribution in [-0.2, 0) is 21.2 Å². The van der Waals surface area contributed by atoms with E-state index in [2.05, 4.69) is 10.6 Å². The van der Waals surface area contributed by atoms with Gasteiger partial charge in [0.05, 0.1) is 35.1 Å². The molecule has 1 aromatic heterocycles. The maximum atomic E-state index is 12.4. The number of carbonyl (C=O) groups excluding carboxylic acids is 2. The lowest BCUT2D eigenvalue weighted by atomic mass is 10.1. The van der Waals surface area contributed by atoms with Crippen molar-refractivity contribution in [2.75, 3.05) is 11.1 Å². The van der Waals surface area contributed by atoms with Crippen molar-refractivity contribution in [1.82, 2.24) is 5.32 Å². The zero-order valence-electron chi connectivity index (χ0n) is 15.5. The molecule has 0 saturated heterocycles. The van der Waals surface area contributed by atoms with Crippen LogP contribution in [-0.4, -0.2) is 31.2 Å². The largest absolute Gasteiger partial charge is 0.467 e. The molecular formula is C20H24N2O5S. The Bertz CT molecular complexity index is 916. The highest BCUT2D eigenvalue weighted by atomic mass is 32.2. The fourth-order valence-corrected chi connectivity index (χ4v) is 5.18. The number of furan rings is 1. The molecule has 0 unspecified atom stereocenters. The summed E-state index contributed by atoms with van der Waals surface area (Å²) in [6, 6.07) is 10.1. The summed E-state index contributed by atoms with van der Waals surface area (Å²) in [4.78, 5) is 24.7. The maximum absolute atomic E-state index is 12.4. The summed E-state index contributed by atoms with van der Waals surface area (Å²) in [5.74, 6) is -0.332. The summed E-state index contributed by atoms with van der Waals surface area (Å²) in [6.45, 7) is 0.230. The summed E-state index contributed by atoms with van der Waals surface area (Å²) >= 11 is 0. The minimum Gasteiger partial charge on any atom is -0.467 e. The molecule has 2 amide bonds. The van der Waals surface area contributed by atoms with E-state index in [9.17, 15) is 18.0 Å². The minimum absolute atomic E-state index is 0.124. The molecule has 2 N–H and O–H groups in total. The number of para-hydroxylation sites is 1. The first-order valence-corrected chi connectivity index (χ1v) is 11.1. The number of benzene rings is 1. The highest BCUT2D eigenvalue weighted by molar-refractivity contribution is 7.92. The number of carbonyl (C=O) groups is 2. The second-order valence-electron chi connectivity index (χ2n) is 6.88. The van der Waals surface area contributed by atoms with Crippen LogP contribution in [0.15, 0.2) is 47.1 Å². The van der Waals surface area contributed by atoms with Crippen molar-refractivity contribution in [2.24, 2.45) is 0 Å². The molecule has 0 spiro atoms. The van der Waals surface area contributed by atoms with Crippen molar-refractivity contribution >= 4 is 27.3 Å². The summed E-state index contributed by atoms with van der Waals surface area (Å²) in [5.41, 5.74) is 0.656. The Hall–Kier alpha value is -2.61. The molecule has 0 atom stereocenters. The van der Waals surface area contributed by atoms with Crippen molar-refractivity contribution in [3.05, 3.63) is 54.0 Å². The van der Waals surface area contributed by atoms with Gasteiger partial charge >= 0.3 is 0 Å². The van der Waals surface area contributed by atoms with Gasteiger partial charge in [-0.1, -0.05) is 25.0 Å². The van der Waals surface area contributed by atoms with E-state index >= 15 is 0 Å². The zero-order valence-corrected chi connectivity index (χ0v) is 16.3. The average molecular weight is 404 g/mol. The SMILES string of the molecule is O=C(CCS(=O)(=O)C1CCCC1)Nc1ccccc1C(=O)NCc1ccco1. The third-order valence-corrected chi connectivity index (χ3v) is 7.13. The number of anilines is 1. The summed E-state index contributed by atoms with van der Waals surface area (Å²) in [7, 11) is -3.26. The van der Waals surface area contributed by atoms with Crippen LogP contribution in [0.2, 0.25) is 0 Å². The van der Waals surface area contributed by atoms with Gasteiger partial charge in [0, 0.05) is 6.42 Å². The lowest BCUT2D eigenvalue weighted by Gasteiger charge is -2.13. The smallest absolute Gasteiger partial charge is 0.253 e. The van der Waals surface area contributed by atoms with Gasteiger partial charge in [0.2, 0.25) is 5.91 Å². The molecule has 1 aliphatic carbocycles. The molecule has 2 aromatic rings. The van der Waals surface area contributed by atoms with Crippen LogP contribution in [0.25, 0.3) is 0 Å². The van der Waals surface area contributed by atoms with Gasteiger partial charge in [-0.3, -0.25) is 9.59 Å². The summed E-state index contributed by atoms with van der Waals surface area (Å²) in [5, 5.41) is 5.07. The first-order valence-electron chi connectivity index (χ1n) is 9.37. The molecule has 1 saturated carbocycles. The first kappa shape index (κ1) is 20.1. The van der Waals surface area contributed by atoms with Crippen molar-refractivity contribution in [3.63, 3.8) is 0 Å². The number of rotatable bonds is 8. The molecule has 1 fully saturated rings. The molecule has 0 bridgehead atoms. The van der Waals surface area contributed by atoms with E-state index in [0.717, 1.165) is 12.8 Å². The second-order valence-corrected chi connectivity index (χ2v) is 9.28. The normalized spacial score (nSPS) is 14.7.